The lowest BCUT2D eigenvalue weighted by Gasteiger charge is -2.24. The number of nitrogens with zero attached hydrogens (tertiary/aromatic N) is 1. The van der Waals surface area contributed by atoms with Crippen LogP contribution >= 0.6 is 0 Å². The van der Waals surface area contributed by atoms with Crippen LogP contribution in [-0.2, 0) is 14.4 Å². The highest BCUT2D eigenvalue weighted by atomic mass is 19.4. The van der Waals surface area contributed by atoms with Gasteiger partial charge in [-0.1, -0.05) is 0 Å². The predicted molar refractivity (Wildman–Crippen MR) is 82.9 cm³/mol. The van der Waals surface area contributed by atoms with E-state index < -0.39 is 55.9 Å². The van der Waals surface area contributed by atoms with Gasteiger partial charge in [0, 0.05) is 32.7 Å². The van der Waals surface area contributed by atoms with Gasteiger partial charge in [-0.3, -0.25) is 14.4 Å². The van der Waals surface area contributed by atoms with Crippen LogP contribution in [0.5, 0.6) is 0 Å². The second-order valence-electron chi connectivity index (χ2n) is 5.75. The quantitative estimate of drug-likeness (QED) is 0.317. The Morgan fingerprint density at radius 3 is 1.50 bits per heavy atom. The maximum Gasteiger partial charge on any atom is 0.471 e. The summed E-state index contributed by atoms with van der Waals surface area (Å²) in [7, 11) is 0. The molecule has 0 aliphatic carbocycles. The van der Waals surface area contributed by atoms with Crippen molar-refractivity contribution in [2.75, 3.05) is 39.3 Å². The van der Waals surface area contributed by atoms with Gasteiger partial charge in [0.25, 0.3) is 0 Å². The Morgan fingerprint density at radius 1 is 0.600 bits per heavy atom. The predicted octanol–water partition coefficient (Wildman–Crippen LogP) is 1.10. The van der Waals surface area contributed by atoms with Crippen molar-refractivity contribution in [1.29, 1.82) is 0 Å². The van der Waals surface area contributed by atoms with Gasteiger partial charge < -0.3 is 20.9 Å². The first kappa shape index (κ1) is 27.7. The minimum absolute atomic E-state index is 0.00776. The van der Waals surface area contributed by atoms with Gasteiger partial charge in [-0.05, 0) is 19.4 Å². The van der Waals surface area contributed by atoms with Crippen molar-refractivity contribution in [3.8, 4) is 0 Å². The van der Waals surface area contributed by atoms with E-state index in [1.54, 1.807) is 5.32 Å². The minimum Gasteiger partial charge on any atom is -0.348 e. The van der Waals surface area contributed by atoms with E-state index in [0.29, 0.717) is 4.90 Å². The SMILES string of the molecule is O=C(NCCCNCCN(CCCNC(=O)C(F)(F)F)C(=O)C(F)(F)F)C(F)(F)F. The number of nitrogens with one attached hydrogen (secondary N) is 3. The summed E-state index contributed by atoms with van der Waals surface area (Å²) in [5.74, 6) is -6.64. The van der Waals surface area contributed by atoms with Crippen molar-refractivity contribution in [1.82, 2.24) is 20.9 Å². The van der Waals surface area contributed by atoms with Crippen LogP contribution in [0.1, 0.15) is 12.8 Å². The first-order chi connectivity index (χ1) is 13.6. The topological polar surface area (TPSA) is 90.5 Å². The molecule has 0 bridgehead atoms. The summed E-state index contributed by atoms with van der Waals surface area (Å²) in [5, 5.41) is 5.59. The molecule has 0 heterocycles. The smallest absolute Gasteiger partial charge is 0.348 e. The van der Waals surface area contributed by atoms with Gasteiger partial charge in [-0.25, -0.2) is 0 Å². The summed E-state index contributed by atoms with van der Waals surface area (Å²) >= 11 is 0. The van der Waals surface area contributed by atoms with E-state index in [-0.39, 0.29) is 32.5 Å². The fourth-order valence-corrected chi connectivity index (χ4v) is 1.92. The molecule has 3 N–H and O–H groups in total. The summed E-state index contributed by atoms with van der Waals surface area (Å²) in [6.07, 6.45) is -15.8. The molecule has 0 aromatic heterocycles. The molecule has 0 aliphatic heterocycles. The molecule has 30 heavy (non-hydrogen) atoms. The number of carbonyl (C=O) groups excluding carboxylic acids is 3. The van der Waals surface area contributed by atoms with Crippen molar-refractivity contribution >= 4 is 17.7 Å². The molecular weight excluding hydrogens is 443 g/mol. The van der Waals surface area contributed by atoms with Crippen LogP contribution in [0.15, 0.2) is 0 Å². The zero-order valence-corrected chi connectivity index (χ0v) is 15.2. The third-order valence-electron chi connectivity index (χ3n) is 3.31. The van der Waals surface area contributed by atoms with E-state index in [0.717, 1.165) is 0 Å². The Bertz CT molecular complexity index is 576. The molecule has 0 fully saturated rings. The molecule has 0 spiro atoms. The molecule has 0 rings (SSSR count). The van der Waals surface area contributed by atoms with E-state index in [4.69, 9.17) is 0 Å². The number of hydrogen-bond donors (Lipinski definition) is 3. The average molecular weight is 462 g/mol. The van der Waals surface area contributed by atoms with Gasteiger partial charge in [-0.15, -0.1) is 0 Å². The molecule has 3 amide bonds. The Hall–Kier alpha value is -2.26. The zero-order chi connectivity index (χ0) is 23.6. The minimum atomic E-state index is -5.23. The Labute approximate surface area is 164 Å². The second-order valence-corrected chi connectivity index (χ2v) is 5.75. The molecule has 0 unspecified atom stereocenters. The van der Waals surface area contributed by atoms with Crippen LogP contribution < -0.4 is 16.0 Å². The van der Waals surface area contributed by atoms with Crippen molar-refractivity contribution in [2.24, 2.45) is 0 Å². The second kappa shape index (κ2) is 11.8. The van der Waals surface area contributed by atoms with Crippen LogP contribution in [-0.4, -0.2) is 80.4 Å². The highest BCUT2D eigenvalue weighted by Gasteiger charge is 2.42. The highest BCUT2D eigenvalue weighted by molar-refractivity contribution is 5.82. The number of alkyl halides is 9. The summed E-state index contributed by atoms with van der Waals surface area (Å²) in [4.78, 5) is 32.8. The normalized spacial score (nSPS) is 12.4. The Morgan fingerprint density at radius 2 is 1.07 bits per heavy atom. The lowest BCUT2D eigenvalue weighted by atomic mass is 10.3. The van der Waals surface area contributed by atoms with Crippen LogP contribution in [0.25, 0.3) is 0 Å². The largest absolute Gasteiger partial charge is 0.471 e. The lowest BCUT2D eigenvalue weighted by Crippen LogP contribution is -2.46. The van der Waals surface area contributed by atoms with Gasteiger partial charge in [-0.2, -0.15) is 39.5 Å². The summed E-state index contributed by atoms with van der Waals surface area (Å²) in [6, 6.07) is 0. The summed E-state index contributed by atoms with van der Waals surface area (Å²) in [6.45, 7) is -2.26. The molecule has 0 aliphatic rings. The molecule has 0 aromatic rings. The van der Waals surface area contributed by atoms with Crippen LogP contribution in [0.2, 0.25) is 0 Å². The van der Waals surface area contributed by atoms with E-state index >= 15 is 0 Å². The number of hydrogen-bond acceptors (Lipinski definition) is 4. The number of rotatable bonds is 11. The van der Waals surface area contributed by atoms with Crippen molar-refractivity contribution in [3.63, 3.8) is 0 Å². The molecule has 16 heteroatoms. The van der Waals surface area contributed by atoms with Gasteiger partial charge >= 0.3 is 36.3 Å². The molecular formula is C14H19F9N4O3. The first-order valence-corrected chi connectivity index (χ1v) is 8.33. The van der Waals surface area contributed by atoms with Crippen molar-refractivity contribution in [3.05, 3.63) is 0 Å². The number of amides is 3. The van der Waals surface area contributed by atoms with Crippen LogP contribution in [0.4, 0.5) is 39.5 Å². The van der Waals surface area contributed by atoms with Crippen molar-refractivity contribution < 1.29 is 53.9 Å². The summed E-state index contributed by atoms with van der Waals surface area (Å²) < 4.78 is 110. The highest BCUT2D eigenvalue weighted by Crippen LogP contribution is 2.18. The summed E-state index contributed by atoms with van der Waals surface area (Å²) in [5.41, 5.74) is 0. The fourth-order valence-electron chi connectivity index (χ4n) is 1.92. The van der Waals surface area contributed by atoms with Gasteiger partial charge in [0.15, 0.2) is 0 Å². The first-order valence-electron chi connectivity index (χ1n) is 8.33. The van der Waals surface area contributed by atoms with Gasteiger partial charge in [0.2, 0.25) is 0 Å². The third kappa shape index (κ3) is 11.7. The van der Waals surface area contributed by atoms with Gasteiger partial charge in [0.05, 0.1) is 0 Å². The van der Waals surface area contributed by atoms with Crippen molar-refractivity contribution in [2.45, 2.75) is 31.4 Å². The zero-order valence-electron chi connectivity index (χ0n) is 15.2. The van der Waals surface area contributed by atoms with Gasteiger partial charge in [0.1, 0.15) is 0 Å². The average Bonchev–Trinajstić information content (AvgIpc) is 2.59. The standard InChI is InChI=1S/C14H19F9N4O3/c15-12(16,17)9(28)25-4-1-3-24-6-8-27(11(30)14(21,22)23)7-2-5-26-10(29)13(18,19)20/h24H,1-8H2,(H,25,28)(H,26,29). The lowest BCUT2D eigenvalue weighted by molar-refractivity contribution is -0.185. The van der Waals surface area contributed by atoms with E-state index in [1.807, 2.05) is 0 Å². The maximum absolute atomic E-state index is 12.6. The molecule has 0 aromatic carbocycles. The van der Waals surface area contributed by atoms with E-state index in [2.05, 4.69) is 5.32 Å². The third-order valence-corrected chi connectivity index (χ3v) is 3.31. The van der Waals surface area contributed by atoms with Crippen LogP contribution in [0, 0.1) is 0 Å². The fraction of sp³-hybridized carbons (Fsp3) is 0.786. The van der Waals surface area contributed by atoms with Crippen LogP contribution in [0.3, 0.4) is 0 Å². The number of halogens is 9. The van der Waals surface area contributed by atoms with E-state index in [9.17, 15) is 53.9 Å². The molecule has 0 radical (unpaired) electrons. The molecule has 0 saturated carbocycles. The monoisotopic (exact) mass is 462 g/mol. The molecule has 0 saturated heterocycles. The Balaban J connectivity index is 4.31. The number of carbonyl (C=O) groups is 3. The van der Waals surface area contributed by atoms with E-state index in [1.165, 1.54) is 5.32 Å². The maximum atomic E-state index is 12.6. The molecule has 7 nitrogen and oxygen atoms in total. The Kier molecular flexibility index (Phi) is 10.9. The molecule has 176 valence electrons. The molecule has 0 atom stereocenters.